The fraction of sp³-hybridized carbons (Fsp3) is 0.565. The second kappa shape index (κ2) is 8.84. The van der Waals surface area contributed by atoms with Gasteiger partial charge in [0.1, 0.15) is 4.90 Å². The number of aromatic nitrogens is 4. The second-order valence-corrected chi connectivity index (χ2v) is 13.4. The van der Waals surface area contributed by atoms with Gasteiger partial charge in [-0.15, -0.1) is 10.2 Å². The summed E-state index contributed by atoms with van der Waals surface area (Å²) in [5, 5.41) is 8.93. The maximum absolute atomic E-state index is 13.4. The van der Waals surface area contributed by atoms with Crippen LogP contribution in [0.15, 0.2) is 23.4 Å². The first-order valence-corrected chi connectivity index (χ1v) is 14.8. The molecule has 11 nitrogen and oxygen atoms in total. The van der Waals surface area contributed by atoms with E-state index in [9.17, 15) is 26.4 Å². The van der Waals surface area contributed by atoms with Gasteiger partial charge in [0.05, 0.1) is 22.9 Å². The van der Waals surface area contributed by atoms with Gasteiger partial charge in [-0.05, 0) is 45.7 Å². The van der Waals surface area contributed by atoms with E-state index in [0.717, 1.165) is 13.0 Å². The number of hydrogen-bond donors (Lipinski definition) is 2. The molecule has 3 aromatic rings. The van der Waals surface area contributed by atoms with E-state index in [1.165, 1.54) is 16.8 Å². The van der Waals surface area contributed by atoms with Crippen LogP contribution < -0.4 is 14.9 Å². The van der Waals surface area contributed by atoms with Crippen LogP contribution in [0, 0.1) is 0 Å². The van der Waals surface area contributed by atoms with E-state index in [4.69, 9.17) is 0 Å². The van der Waals surface area contributed by atoms with Crippen molar-refractivity contribution in [2.24, 2.45) is 0 Å². The summed E-state index contributed by atoms with van der Waals surface area (Å²) < 4.78 is 70.5. The summed E-state index contributed by atoms with van der Waals surface area (Å²) in [5.41, 5.74) is -0.00811. The van der Waals surface area contributed by atoms with E-state index in [1.807, 2.05) is 18.7 Å². The van der Waals surface area contributed by atoms with Gasteiger partial charge in [-0.1, -0.05) is 11.3 Å². The van der Waals surface area contributed by atoms with Gasteiger partial charge in [-0.3, -0.25) is 9.20 Å². The topological polar surface area (TPSA) is 125 Å². The van der Waals surface area contributed by atoms with Crippen LogP contribution in [0.1, 0.15) is 38.1 Å². The Bertz CT molecular complexity index is 1550. The smallest absolute Gasteiger partial charge is 0.366 e. The van der Waals surface area contributed by atoms with E-state index in [0.29, 0.717) is 61.6 Å². The molecule has 2 N–H and O–H groups in total. The summed E-state index contributed by atoms with van der Waals surface area (Å²) in [7, 11) is -3.95. The summed E-state index contributed by atoms with van der Waals surface area (Å²) >= 11 is 0.341. The van der Waals surface area contributed by atoms with Gasteiger partial charge in [-0.2, -0.15) is 13.2 Å². The Labute approximate surface area is 226 Å². The Kier molecular flexibility index (Phi) is 5.99. The largest absolute Gasteiger partial charge is 0.445 e. The summed E-state index contributed by atoms with van der Waals surface area (Å²) in [6.45, 7) is 6.30. The van der Waals surface area contributed by atoms with Crippen LogP contribution in [0.3, 0.4) is 0 Å². The molecule has 39 heavy (non-hydrogen) atoms. The minimum Gasteiger partial charge on any atom is -0.366 e. The molecule has 3 aliphatic rings. The lowest BCUT2D eigenvalue weighted by Crippen LogP contribution is -2.66. The van der Waals surface area contributed by atoms with E-state index < -0.39 is 32.3 Å². The Morgan fingerprint density at radius 3 is 2.38 bits per heavy atom. The highest BCUT2D eigenvalue weighted by Gasteiger charge is 2.43. The molecule has 1 unspecified atom stereocenters. The molecule has 3 aromatic heterocycles. The lowest BCUT2D eigenvalue weighted by Gasteiger charge is -2.44. The normalized spacial score (nSPS) is 23.2. The van der Waals surface area contributed by atoms with E-state index in [1.54, 1.807) is 11.0 Å². The molecule has 3 fully saturated rings. The molecule has 16 heteroatoms. The molecule has 2 aliphatic heterocycles. The zero-order valence-corrected chi connectivity index (χ0v) is 22.9. The predicted octanol–water partition coefficient (Wildman–Crippen LogP) is 2.10. The molecule has 1 saturated carbocycles. The highest BCUT2D eigenvalue weighted by molar-refractivity contribution is 7.89. The van der Waals surface area contributed by atoms with Crippen molar-refractivity contribution in [3.05, 3.63) is 23.5 Å². The number of nitrogens with one attached hydrogen (secondary N) is 2. The lowest BCUT2D eigenvalue weighted by molar-refractivity contribution is -0.141. The number of amides is 1. The predicted molar refractivity (Wildman–Crippen MR) is 137 cm³/mol. The van der Waals surface area contributed by atoms with Crippen molar-refractivity contribution < 1.29 is 26.4 Å². The van der Waals surface area contributed by atoms with Crippen LogP contribution in [-0.2, 0) is 21.0 Å². The number of piperazine rings is 1. The minimum absolute atomic E-state index is 0.0392. The fourth-order valence-corrected chi connectivity index (χ4v) is 7.08. The Morgan fingerprint density at radius 2 is 1.82 bits per heavy atom. The molecule has 0 bridgehead atoms. The van der Waals surface area contributed by atoms with Gasteiger partial charge in [0.25, 0.3) is 0 Å². The fourth-order valence-electron chi connectivity index (χ4n) is 4.90. The second-order valence-electron chi connectivity index (χ2n) is 10.8. The standard InChI is InChI=1S/C23H27F3N8O3S2/c1-21(3-4-21)31-39(36,37)14-11-15(32-7-9-33(10-8-32)20(35)22(2)5-6-28-22)16-12-27-17(34(16)13-14)18-29-30-19(38-18)23(24,25)26/h11-13,28,31H,3-10H2,1-2H3. The van der Waals surface area contributed by atoms with Crippen molar-refractivity contribution >= 4 is 38.5 Å². The number of hydrogen-bond acceptors (Lipinski definition) is 9. The minimum atomic E-state index is -4.66. The highest BCUT2D eigenvalue weighted by Crippen LogP contribution is 2.38. The van der Waals surface area contributed by atoms with Gasteiger partial charge in [0.2, 0.25) is 20.9 Å². The van der Waals surface area contributed by atoms with Crippen molar-refractivity contribution in [3.63, 3.8) is 0 Å². The first-order valence-electron chi connectivity index (χ1n) is 12.5. The number of rotatable bonds is 6. The number of carbonyl (C=O) groups is 1. The maximum Gasteiger partial charge on any atom is 0.445 e. The van der Waals surface area contributed by atoms with E-state index >= 15 is 0 Å². The third kappa shape index (κ3) is 4.76. The average molecular weight is 585 g/mol. The Balaban J connectivity index is 1.38. The van der Waals surface area contributed by atoms with Crippen LogP contribution in [-0.4, -0.2) is 82.6 Å². The third-order valence-electron chi connectivity index (χ3n) is 7.66. The zero-order valence-electron chi connectivity index (χ0n) is 21.2. The molecular weight excluding hydrogens is 557 g/mol. The van der Waals surface area contributed by atoms with Crippen LogP contribution in [0.5, 0.6) is 0 Å². The number of fused-ring (bicyclic) bond motifs is 1. The number of sulfonamides is 1. The van der Waals surface area contributed by atoms with E-state index in [2.05, 4.69) is 25.2 Å². The van der Waals surface area contributed by atoms with Crippen LogP contribution >= 0.6 is 11.3 Å². The van der Waals surface area contributed by atoms with Gasteiger partial charge in [0.15, 0.2) is 10.8 Å². The SMILES string of the molecule is CC1(NS(=O)(=O)c2cc(N3CCN(C(=O)C4(C)CCN4)CC3)c3cnc(-c4nnc(C(F)(F)F)s4)n3c2)CC1. The quantitative estimate of drug-likeness (QED) is 0.452. The molecule has 2 saturated heterocycles. The molecule has 210 valence electrons. The van der Waals surface area contributed by atoms with Crippen molar-refractivity contribution in [1.29, 1.82) is 0 Å². The number of imidazole rings is 1. The van der Waals surface area contributed by atoms with Gasteiger partial charge in [-0.25, -0.2) is 18.1 Å². The maximum atomic E-state index is 13.4. The lowest BCUT2D eigenvalue weighted by atomic mass is 9.88. The Morgan fingerprint density at radius 1 is 1.13 bits per heavy atom. The molecular formula is C23H27F3N8O3S2. The first-order chi connectivity index (χ1) is 18.3. The molecule has 6 rings (SSSR count). The summed E-state index contributed by atoms with van der Waals surface area (Å²) in [5.74, 6) is 0.104. The monoisotopic (exact) mass is 584 g/mol. The molecule has 0 spiro atoms. The first kappa shape index (κ1) is 26.4. The molecule has 5 heterocycles. The highest BCUT2D eigenvalue weighted by atomic mass is 32.2. The van der Waals surface area contributed by atoms with Gasteiger partial charge < -0.3 is 15.1 Å². The molecule has 1 amide bonds. The van der Waals surface area contributed by atoms with Crippen LogP contribution in [0.4, 0.5) is 18.9 Å². The van der Waals surface area contributed by atoms with Crippen molar-refractivity contribution in [2.75, 3.05) is 37.6 Å². The zero-order chi connectivity index (χ0) is 27.8. The average Bonchev–Trinajstić information content (AvgIpc) is 3.25. The molecule has 1 atom stereocenters. The van der Waals surface area contributed by atoms with Crippen LogP contribution in [0.2, 0.25) is 0 Å². The summed E-state index contributed by atoms with van der Waals surface area (Å²) in [4.78, 5) is 21.0. The van der Waals surface area contributed by atoms with Crippen molar-refractivity contribution in [2.45, 2.75) is 55.3 Å². The van der Waals surface area contributed by atoms with Crippen molar-refractivity contribution in [1.82, 2.24) is 34.5 Å². The molecule has 0 radical (unpaired) electrons. The number of halogens is 3. The number of alkyl halides is 3. The summed E-state index contributed by atoms with van der Waals surface area (Å²) in [6, 6.07) is 1.56. The number of nitrogens with zero attached hydrogens (tertiary/aromatic N) is 6. The number of pyridine rings is 1. The molecule has 1 aliphatic carbocycles. The van der Waals surface area contributed by atoms with Crippen LogP contribution in [0.25, 0.3) is 16.3 Å². The summed E-state index contributed by atoms with van der Waals surface area (Å²) in [6.07, 6.45) is 0.391. The van der Waals surface area contributed by atoms with Crippen molar-refractivity contribution in [3.8, 4) is 10.8 Å². The number of anilines is 1. The van der Waals surface area contributed by atoms with Gasteiger partial charge >= 0.3 is 6.18 Å². The molecule has 0 aromatic carbocycles. The number of carbonyl (C=O) groups excluding carboxylic acids is 1. The van der Waals surface area contributed by atoms with Gasteiger partial charge in [0, 0.05) is 37.9 Å². The van der Waals surface area contributed by atoms with E-state index in [-0.39, 0.29) is 21.6 Å². The third-order valence-corrected chi connectivity index (χ3v) is 10.2. The Hall–Kier alpha value is -2.82.